The molecule has 0 spiro atoms. The van der Waals surface area contributed by atoms with Gasteiger partial charge in [0.2, 0.25) is 0 Å². The van der Waals surface area contributed by atoms with E-state index >= 15 is 0 Å². The van der Waals surface area contributed by atoms with Crippen LogP contribution in [0, 0.1) is 5.92 Å². The Morgan fingerprint density at radius 1 is 1.29 bits per heavy atom. The van der Waals surface area contributed by atoms with Gasteiger partial charge in [0.25, 0.3) is 5.91 Å². The number of urea groups is 1. The second kappa shape index (κ2) is 7.73. The lowest BCUT2D eigenvalue weighted by Gasteiger charge is -2.33. The molecule has 6 heteroatoms. The molecule has 2 fully saturated rings. The molecular formula is C18H27N3O3. The number of amides is 3. The molecule has 3 amide bonds. The molecule has 1 N–H and O–H groups in total. The molecular weight excluding hydrogens is 306 g/mol. The van der Waals surface area contributed by atoms with Crippen LogP contribution < -0.4 is 5.32 Å². The molecule has 1 saturated carbocycles. The van der Waals surface area contributed by atoms with Crippen LogP contribution in [0.15, 0.2) is 23.0 Å². The normalized spacial score (nSPS) is 18.5. The summed E-state index contributed by atoms with van der Waals surface area (Å²) in [6, 6.07) is 1.91. The minimum Gasteiger partial charge on any atom is -0.472 e. The highest BCUT2D eigenvalue weighted by atomic mass is 16.3. The van der Waals surface area contributed by atoms with Gasteiger partial charge in [0.1, 0.15) is 6.26 Å². The van der Waals surface area contributed by atoms with E-state index in [-0.39, 0.29) is 18.0 Å². The van der Waals surface area contributed by atoms with Gasteiger partial charge in [0.05, 0.1) is 11.8 Å². The third kappa shape index (κ3) is 4.30. The van der Waals surface area contributed by atoms with Crippen LogP contribution in [0.5, 0.6) is 0 Å². The fraction of sp³-hybridized carbons (Fsp3) is 0.667. The Hall–Kier alpha value is -1.98. The van der Waals surface area contributed by atoms with Crippen LogP contribution in [-0.2, 0) is 0 Å². The van der Waals surface area contributed by atoms with Gasteiger partial charge >= 0.3 is 6.03 Å². The number of nitrogens with one attached hydrogen (secondary N) is 1. The molecule has 1 aromatic heterocycles. The lowest BCUT2D eigenvalue weighted by atomic mass is 10.0. The largest absolute Gasteiger partial charge is 0.472 e. The summed E-state index contributed by atoms with van der Waals surface area (Å²) >= 11 is 0. The van der Waals surface area contributed by atoms with Gasteiger partial charge < -0.3 is 19.5 Å². The summed E-state index contributed by atoms with van der Waals surface area (Å²) in [7, 11) is 0. The Morgan fingerprint density at radius 3 is 2.62 bits per heavy atom. The maximum Gasteiger partial charge on any atom is 0.317 e. The van der Waals surface area contributed by atoms with E-state index in [1.54, 1.807) is 6.07 Å². The Kier molecular flexibility index (Phi) is 5.43. The quantitative estimate of drug-likeness (QED) is 0.870. The average Bonchev–Trinajstić information content (AvgIpc) is 3.24. The highest BCUT2D eigenvalue weighted by Crippen LogP contribution is 2.29. The predicted molar refractivity (Wildman–Crippen MR) is 90.8 cm³/mol. The maximum atomic E-state index is 12.5. The van der Waals surface area contributed by atoms with Crippen molar-refractivity contribution in [3.05, 3.63) is 24.2 Å². The number of rotatable bonds is 6. The maximum absolute atomic E-state index is 12.5. The lowest BCUT2D eigenvalue weighted by Crippen LogP contribution is -2.50. The first-order valence-electron chi connectivity index (χ1n) is 9.04. The van der Waals surface area contributed by atoms with E-state index in [0.717, 1.165) is 32.4 Å². The van der Waals surface area contributed by atoms with E-state index < -0.39 is 0 Å². The number of carbonyl (C=O) groups excluding carboxylic acids is 2. The molecule has 1 saturated heterocycles. The second-order valence-corrected chi connectivity index (χ2v) is 6.92. The van der Waals surface area contributed by atoms with Crippen LogP contribution in [-0.4, -0.2) is 54.0 Å². The van der Waals surface area contributed by atoms with Gasteiger partial charge in [-0.3, -0.25) is 4.79 Å². The van der Waals surface area contributed by atoms with Gasteiger partial charge in [-0.25, -0.2) is 4.79 Å². The highest BCUT2D eigenvalue weighted by Gasteiger charge is 2.29. The van der Waals surface area contributed by atoms with E-state index in [1.807, 2.05) is 9.80 Å². The van der Waals surface area contributed by atoms with Crippen molar-refractivity contribution < 1.29 is 14.0 Å². The van der Waals surface area contributed by atoms with E-state index in [4.69, 9.17) is 4.42 Å². The molecule has 0 aromatic carbocycles. The van der Waals surface area contributed by atoms with Crippen LogP contribution in [0.2, 0.25) is 0 Å². The molecule has 1 aromatic rings. The molecule has 2 heterocycles. The molecule has 2 aliphatic rings. The Labute approximate surface area is 143 Å². The summed E-state index contributed by atoms with van der Waals surface area (Å²) in [5.74, 6) is 0.714. The Bertz CT molecular complexity index is 546. The van der Waals surface area contributed by atoms with E-state index in [0.29, 0.717) is 24.6 Å². The molecule has 1 aliphatic carbocycles. The third-order valence-corrected chi connectivity index (χ3v) is 4.83. The number of furan rings is 1. The Balaban J connectivity index is 1.45. The monoisotopic (exact) mass is 333 g/mol. The fourth-order valence-corrected chi connectivity index (χ4v) is 3.22. The second-order valence-electron chi connectivity index (χ2n) is 6.92. The van der Waals surface area contributed by atoms with Crippen molar-refractivity contribution in [1.82, 2.24) is 15.1 Å². The van der Waals surface area contributed by atoms with Crippen molar-refractivity contribution in [3.63, 3.8) is 0 Å². The van der Waals surface area contributed by atoms with Crippen molar-refractivity contribution in [2.75, 3.05) is 26.2 Å². The minimum atomic E-state index is 0.00914. The number of hydrogen-bond acceptors (Lipinski definition) is 3. The molecule has 0 atom stereocenters. The van der Waals surface area contributed by atoms with Gasteiger partial charge in [-0.2, -0.15) is 0 Å². The zero-order chi connectivity index (χ0) is 16.9. The number of hydrogen-bond donors (Lipinski definition) is 1. The topological polar surface area (TPSA) is 65.8 Å². The molecule has 6 nitrogen and oxygen atoms in total. The van der Waals surface area contributed by atoms with Crippen molar-refractivity contribution >= 4 is 11.9 Å². The summed E-state index contributed by atoms with van der Waals surface area (Å²) in [4.78, 5) is 28.6. The van der Waals surface area contributed by atoms with Crippen LogP contribution >= 0.6 is 0 Å². The lowest BCUT2D eigenvalue weighted by molar-refractivity contribution is 0.0705. The summed E-state index contributed by atoms with van der Waals surface area (Å²) in [5.41, 5.74) is 0.594. The summed E-state index contributed by atoms with van der Waals surface area (Å²) in [5, 5.41) is 3.16. The number of piperidine rings is 1. The van der Waals surface area contributed by atoms with E-state index in [1.165, 1.54) is 25.4 Å². The molecule has 0 bridgehead atoms. The number of likely N-dealkylation sites (tertiary alicyclic amines) is 1. The summed E-state index contributed by atoms with van der Waals surface area (Å²) < 4.78 is 4.98. The predicted octanol–water partition coefficient (Wildman–Crippen LogP) is 2.72. The first-order chi connectivity index (χ1) is 11.7. The van der Waals surface area contributed by atoms with E-state index in [2.05, 4.69) is 12.2 Å². The zero-order valence-electron chi connectivity index (χ0n) is 14.4. The number of carbonyl (C=O) groups is 2. The Morgan fingerprint density at radius 2 is 2.04 bits per heavy atom. The zero-order valence-corrected chi connectivity index (χ0v) is 14.4. The molecule has 132 valence electrons. The van der Waals surface area contributed by atoms with Crippen molar-refractivity contribution in [3.8, 4) is 0 Å². The van der Waals surface area contributed by atoms with Crippen molar-refractivity contribution in [2.24, 2.45) is 5.92 Å². The average molecular weight is 333 g/mol. The summed E-state index contributed by atoms with van der Waals surface area (Å²) in [6.45, 7) is 5.15. The fourth-order valence-electron chi connectivity index (χ4n) is 3.22. The molecule has 0 radical (unpaired) electrons. The van der Waals surface area contributed by atoms with Crippen LogP contribution in [0.4, 0.5) is 4.79 Å². The summed E-state index contributed by atoms with van der Waals surface area (Å²) in [6.07, 6.45) is 8.10. The van der Waals surface area contributed by atoms with Crippen LogP contribution in [0.3, 0.4) is 0 Å². The third-order valence-electron chi connectivity index (χ3n) is 4.83. The van der Waals surface area contributed by atoms with E-state index in [9.17, 15) is 9.59 Å². The van der Waals surface area contributed by atoms with Gasteiger partial charge in [-0.15, -0.1) is 0 Å². The SMILES string of the molecule is CCCN(CC1CC1)C(=O)NC1CCN(C(=O)c2ccoc2)CC1. The van der Waals surface area contributed by atoms with Crippen molar-refractivity contribution in [2.45, 2.75) is 45.1 Å². The molecule has 0 unspecified atom stereocenters. The van der Waals surface area contributed by atoms with Gasteiger partial charge in [-0.05, 0) is 44.1 Å². The minimum absolute atomic E-state index is 0.00914. The van der Waals surface area contributed by atoms with Crippen LogP contribution in [0.25, 0.3) is 0 Å². The van der Waals surface area contributed by atoms with Crippen LogP contribution in [0.1, 0.15) is 49.4 Å². The number of nitrogens with zero attached hydrogens (tertiary/aromatic N) is 2. The standard InChI is InChI=1S/C18H27N3O3/c1-2-8-21(12-14-3-4-14)18(23)19-16-5-9-20(10-6-16)17(22)15-7-11-24-13-15/h7,11,13-14,16H,2-6,8-10,12H2,1H3,(H,19,23). The molecule has 24 heavy (non-hydrogen) atoms. The van der Waals surface area contributed by atoms with Gasteiger partial charge in [0.15, 0.2) is 0 Å². The first kappa shape index (κ1) is 16.9. The molecule has 3 rings (SSSR count). The molecule has 1 aliphatic heterocycles. The van der Waals surface area contributed by atoms with Gasteiger partial charge in [0, 0.05) is 32.2 Å². The van der Waals surface area contributed by atoms with Gasteiger partial charge in [-0.1, -0.05) is 6.92 Å². The smallest absolute Gasteiger partial charge is 0.317 e. The first-order valence-corrected chi connectivity index (χ1v) is 9.04. The van der Waals surface area contributed by atoms with Crippen molar-refractivity contribution in [1.29, 1.82) is 0 Å². The highest BCUT2D eigenvalue weighted by molar-refractivity contribution is 5.93.